The molecule has 0 bridgehead atoms. The fraction of sp³-hybridized carbons (Fsp3) is 0.312. The molecule has 0 fully saturated rings. The minimum atomic E-state index is 0.695. The van der Waals surface area contributed by atoms with Crippen LogP contribution in [0.25, 0.3) is 0 Å². The second-order valence-electron chi connectivity index (χ2n) is 4.89. The van der Waals surface area contributed by atoms with Crippen LogP contribution < -0.4 is 10.1 Å². The van der Waals surface area contributed by atoms with Gasteiger partial charge >= 0.3 is 0 Å². The average Bonchev–Trinajstić information content (AvgIpc) is 2.46. The first kappa shape index (κ1) is 14.3. The molecule has 0 atom stereocenters. The molecule has 2 aromatic rings. The molecular weight excluding hydrogens is 250 g/mol. The van der Waals surface area contributed by atoms with Crippen molar-refractivity contribution in [3.63, 3.8) is 0 Å². The molecule has 2 rings (SSSR count). The zero-order valence-corrected chi connectivity index (χ0v) is 12.0. The highest BCUT2D eigenvalue weighted by molar-refractivity contribution is 5.48. The third kappa shape index (κ3) is 4.90. The number of nitrogens with zero attached hydrogens (tertiary/aromatic N) is 2. The van der Waals surface area contributed by atoms with Gasteiger partial charge in [0, 0.05) is 37.2 Å². The summed E-state index contributed by atoms with van der Waals surface area (Å²) in [5.74, 6) is 0.895. The lowest BCUT2D eigenvalue weighted by Crippen LogP contribution is -2.19. The average molecular weight is 271 g/mol. The molecule has 20 heavy (non-hydrogen) atoms. The molecule has 4 nitrogen and oxygen atoms in total. The van der Waals surface area contributed by atoms with Crippen molar-refractivity contribution in [2.45, 2.75) is 6.54 Å². The van der Waals surface area contributed by atoms with E-state index in [0.717, 1.165) is 24.5 Å². The van der Waals surface area contributed by atoms with Crippen LogP contribution in [0.3, 0.4) is 0 Å². The quantitative estimate of drug-likeness (QED) is 0.840. The lowest BCUT2D eigenvalue weighted by molar-refractivity contribution is 0.261. The van der Waals surface area contributed by atoms with Crippen molar-refractivity contribution in [3.8, 4) is 5.75 Å². The van der Waals surface area contributed by atoms with Crippen LogP contribution >= 0.6 is 0 Å². The Hall–Kier alpha value is -2.07. The van der Waals surface area contributed by atoms with Crippen LogP contribution in [0.2, 0.25) is 0 Å². The number of hydrogen-bond acceptors (Lipinski definition) is 4. The van der Waals surface area contributed by atoms with Crippen LogP contribution in [-0.4, -0.2) is 37.1 Å². The Kier molecular flexibility index (Phi) is 5.38. The smallest absolute Gasteiger partial charge is 0.121 e. The van der Waals surface area contributed by atoms with Crippen molar-refractivity contribution in [2.75, 3.05) is 32.6 Å². The van der Waals surface area contributed by atoms with Gasteiger partial charge < -0.3 is 15.0 Å². The van der Waals surface area contributed by atoms with Gasteiger partial charge in [-0.15, -0.1) is 0 Å². The van der Waals surface area contributed by atoms with Crippen molar-refractivity contribution in [3.05, 3.63) is 54.4 Å². The highest BCUT2D eigenvalue weighted by Gasteiger charge is 1.98. The molecule has 0 aliphatic heterocycles. The summed E-state index contributed by atoms with van der Waals surface area (Å²) < 4.78 is 5.72. The standard InChI is InChI=1S/C16H21N3O/c1-19(2)10-11-20-16-5-3-4-15(12-16)18-13-14-6-8-17-9-7-14/h3-9,12,18H,10-11,13H2,1-2H3. The lowest BCUT2D eigenvalue weighted by Gasteiger charge is -2.12. The summed E-state index contributed by atoms with van der Waals surface area (Å²) in [6, 6.07) is 12.1. The van der Waals surface area contributed by atoms with E-state index >= 15 is 0 Å². The van der Waals surface area contributed by atoms with Gasteiger partial charge in [-0.05, 0) is 43.9 Å². The SMILES string of the molecule is CN(C)CCOc1cccc(NCc2ccncc2)c1. The fourth-order valence-corrected chi connectivity index (χ4v) is 1.75. The Balaban J connectivity index is 1.86. The van der Waals surface area contributed by atoms with E-state index in [1.54, 1.807) is 12.4 Å². The van der Waals surface area contributed by atoms with E-state index in [4.69, 9.17) is 4.74 Å². The first-order chi connectivity index (χ1) is 9.74. The monoisotopic (exact) mass is 271 g/mol. The van der Waals surface area contributed by atoms with E-state index in [2.05, 4.69) is 15.2 Å². The van der Waals surface area contributed by atoms with Crippen molar-refractivity contribution in [2.24, 2.45) is 0 Å². The van der Waals surface area contributed by atoms with Gasteiger partial charge in [0.1, 0.15) is 12.4 Å². The Morgan fingerprint density at radius 3 is 2.70 bits per heavy atom. The Bertz CT molecular complexity index is 514. The second-order valence-corrected chi connectivity index (χ2v) is 4.89. The lowest BCUT2D eigenvalue weighted by atomic mass is 10.2. The predicted molar refractivity (Wildman–Crippen MR) is 82.1 cm³/mol. The number of ether oxygens (including phenoxy) is 1. The highest BCUT2D eigenvalue weighted by Crippen LogP contribution is 2.18. The zero-order valence-electron chi connectivity index (χ0n) is 12.0. The van der Waals surface area contributed by atoms with Gasteiger partial charge in [-0.2, -0.15) is 0 Å². The maximum absolute atomic E-state index is 5.72. The van der Waals surface area contributed by atoms with Crippen molar-refractivity contribution < 1.29 is 4.74 Å². The van der Waals surface area contributed by atoms with Gasteiger partial charge in [-0.3, -0.25) is 4.98 Å². The molecule has 0 aliphatic carbocycles. The summed E-state index contributed by atoms with van der Waals surface area (Å²) >= 11 is 0. The van der Waals surface area contributed by atoms with E-state index in [-0.39, 0.29) is 0 Å². The molecule has 1 aromatic carbocycles. The molecule has 1 heterocycles. The number of anilines is 1. The van der Waals surface area contributed by atoms with Crippen LogP contribution in [0.4, 0.5) is 5.69 Å². The Labute approximate surface area is 120 Å². The molecule has 0 unspecified atom stereocenters. The summed E-state index contributed by atoms with van der Waals surface area (Å²) in [5, 5.41) is 3.38. The summed E-state index contributed by atoms with van der Waals surface area (Å²) in [5.41, 5.74) is 2.27. The first-order valence-corrected chi connectivity index (χ1v) is 6.74. The van der Waals surface area contributed by atoms with Gasteiger partial charge in [-0.25, -0.2) is 0 Å². The van der Waals surface area contributed by atoms with Gasteiger partial charge in [0.05, 0.1) is 0 Å². The van der Waals surface area contributed by atoms with Crippen LogP contribution in [0.15, 0.2) is 48.8 Å². The molecule has 4 heteroatoms. The topological polar surface area (TPSA) is 37.4 Å². The van der Waals surface area contributed by atoms with E-state index in [1.165, 1.54) is 5.56 Å². The number of nitrogens with one attached hydrogen (secondary N) is 1. The van der Waals surface area contributed by atoms with E-state index in [0.29, 0.717) is 6.61 Å². The van der Waals surface area contributed by atoms with Crippen LogP contribution in [0, 0.1) is 0 Å². The molecule has 0 saturated carbocycles. The zero-order chi connectivity index (χ0) is 14.2. The molecular formula is C16H21N3O. The number of aromatic nitrogens is 1. The van der Waals surface area contributed by atoms with Crippen molar-refractivity contribution in [1.82, 2.24) is 9.88 Å². The molecule has 106 valence electrons. The van der Waals surface area contributed by atoms with E-state index < -0.39 is 0 Å². The van der Waals surface area contributed by atoms with Crippen LogP contribution in [0.5, 0.6) is 5.75 Å². The molecule has 1 aromatic heterocycles. The molecule has 0 saturated heterocycles. The first-order valence-electron chi connectivity index (χ1n) is 6.74. The number of rotatable bonds is 7. The van der Waals surface area contributed by atoms with E-state index in [1.807, 2.05) is 50.5 Å². The van der Waals surface area contributed by atoms with Crippen LogP contribution in [0.1, 0.15) is 5.56 Å². The van der Waals surface area contributed by atoms with Gasteiger partial charge in [-0.1, -0.05) is 6.07 Å². The molecule has 0 spiro atoms. The molecule has 0 aliphatic rings. The Morgan fingerprint density at radius 1 is 1.15 bits per heavy atom. The summed E-state index contributed by atoms with van der Waals surface area (Å²) in [6.45, 7) is 2.39. The largest absolute Gasteiger partial charge is 0.492 e. The molecule has 0 radical (unpaired) electrons. The molecule has 0 amide bonds. The third-order valence-corrected chi connectivity index (χ3v) is 2.89. The van der Waals surface area contributed by atoms with Crippen molar-refractivity contribution in [1.29, 1.82) is 0 Å². The second kappa shape index (κ2) is 7.50. The number of likely N-dealkylation sites (N-methyl/N-ethyl adjacent to an activating group) is 1. The van der Waals surface area contributed by atoms with Gasteiger partial charge in [0.25, 0.3) is 0 Å². The summed E-state index contributed by atoms with van der Waals surface area (Å²) in [7, 11) is 4.08. The maximum atomic E-state index is 5.72. The normalized spacial score (nSPS) is 10.6. The predicted octanol–water partition coefficient (Wildman–Crippen LogP) is 2.63. The highest BCUT2D eigenvalue weighted by atomic mass is 16.5. The summed E-state index contributed by atoms with van der Waals surface area (Å²) in [4.78, 5) is 6.11. The minimum Gasteiger partial charge on any atom is -0.492 e. The fourth-order valence-electron chi connectivity index (χ4n) is 1.75. The minimum absolute atomic E-state index is 0.695. The van der Waals surface area contributed by atoms with E-state index in [9.17, 15) is 0 Å². The van der Waals surface area contributed by atoms with Crippen molar-refractivity contribution >= 4 is 5.69 Å². The number of hydrogen-bond donors (Lipinski definition) is 1. The Morgan fingerprint density at radius 2 is 1.95 bits per heavy atom. The number of benzene rings is 1. The van der Waals surface area contributed by atoms with Gasteiger partial charge in [0.2, 0.25) is 0 Å². The third-order valence-electron chi connectivity index (χ3n) is 2.89. The maximum Gasteiger partial charge on any atom is 0.121 e. The van der Waals surface area contributed by atoms with Gasteiger partial charge in [0.15, 0.2) is 0 Å². The summed E-state index contributed by atoms with van der Waals surface area (Å²) in [6.07, 6.45) is 3.61. The van der Waals surface area contributed by atoms with Crippen LogP contribution in [-0.2, 0) is 6.54 Å². The number of pyridine rings is 1. The molecule has 1 N–H and O–H groups in total.